The highest BCUT2D eigenvalue weighted by atomic mass is 79.9. The highest BCUT2D eigenvalue weighted by Crippen LogP contribution is 2.25. The summed E-state index contributed by atoms with van der Waals surface area (Å²) in [4.78, 5) is 8.36. The predicted molar refractivity (Wildman–Crippen MR) is 65.3 cm³/mol. The SMILES string of the molecule is ClC1CCCCC1Nc1ncc(Br)cn1. The molecular weight excluding hydrogens is 277 g/mol. The second-order valence-corrected chi connectivity index (χ2v) is 5.25. The van der Waals surface area contributed by atoms with E-state index >= 15 is 0 Å². The van der Waals surface area contributed by atoms with Crippen LogP contribution in [0.25, 0.3) is 0 Å². The Labute approximate surface area is 103 Å². The maximum atomic E-state index is 6.24. The van der Waals surface area contributed by atoms with Gasteiger partial charge < -0.3 is 5.32 Å². The number of alkyl halides is 1. The summed E-state index contributed by atoms with van der Waals surface area (Å²) in [5.41, 5.74) is 0. The van der Waals surface area contributed by atoms with Crippen molar-refractivity contribution in [2.75, 3.05) is 5.32 Å². The fraction of sp³-hybridized carbons (Fsp3) is 0.600. The minimum absolute atomic E-state index is 0.200. The molecule has 0 amide bonds. The topological polar surface area (TPSA) is 37.8 Å². The molecule has 0 spiro atoms. The fourth-order valence-corrected chi connectivity index (χ4v) is 2.35. The Morgan fingerprint density at radius 2 is 1.93 bits per heavy atom. The van der Waals surface area contributed by atoms with Gasteiger partial charge in [-0.1, -0.05) is 12.8 Å². The first-order valence-electron chi connectivity index (χ1n) is 5.14. The van der Waals surface area contributed by atoms with Gasteiger partial charge in [0.2, 0.25) is 5.95 Å². The minimum atomic E-state index is 0.200. The Kier molecular flexibility index (Phi) is 3.81. The lowest BCUT2D eigenvalue weighted by Gasteiger charge is -2.27. The summed E-state index contributed by atoms with van der Waals surface area (Å²) >= 11 is 9.54. The Hall–Kier alpha value is -0.350. The first kappa shape index (κ1) is 11.1. The van der Waals surface area contributed by atoms with E-state index in [2.05, 4.69) is 31.2 Å². The Morgan fingerprint density at radius 1 is 1.27 bits per heavy atom. The molecule has 1 aliphatic rings. The summed E-state index contributed by atoms with van der Waals surface area (Å²) in [5, 5.41) is 3.48. The average Bonchev–Trinajstić information content (AvgIpc) is 2.25. The largest absolute Gasteiger partial charge is 0.350 e. The molecule has 2 atom stereocenters. The number of hydrogen-bond donors (Lipinski definition) is 1. The number of nitrogens with zero attached hydrogens (tertiary/aromatic N) is 2. The number of nitrogens with one attached hydrogen (secondary N) is 1. The molecule has 0 radical (unpaired) electrons. The molecule has 5 heteroatoms. The monoisotopic (exact) mass is 289 g/mol. The molecule has 2 unspecified atom stereocenters. The molecule has 82 valence electrons. The van der Waals surface area contributed by atoms with Crippen LogP contribution in [-0.2, 0) is 0 Å². The van der Waals surface area contributed by atoms with E-state index in [1.54, 1.807) is 12.4 Å². The van der Waals surface area contributed by atoms with E-state index < -0.39 is 0 Å². The maximum Gasteiger partial charge on any atom is 0.222 e. The van der Waals surface area contributed by atoms with E-state index in [9.17, 15) is 0 Å². The van der Waals surface area contributed by atoms with Crippen molar-refractivity contribution in [1.82, 2.24) is 9.97 Å². The van der Waals surface area contributed by atoms with Crippen molar-refractivity contribution < 1.29 is 0 Å². The summed E-state index contributed by atoms with van der Waals surface area (Å²) in [6.45, 7) is 0. The van der Waals surface area contributed by atoms with Gasteiger partial charge in [0.05, 0.1) is 9.85 Å². The van der Waals surface area contributed by atoms with Crippen molar-refractivity contribution >= 4 is 33.5 Å². The zero-order valence-corrected chi connectivity index (χ0v) is 10.6. The van der Waals surface area contributed by atoms with Gasteiger partial charge in [0, 0.05) is 18.4 Å². The summed E-state index contributed by atoms with van der Waals surface area (Å²) < 4.78 is 0.888. The third-order valence-corrected chi connectivity index (χ3v) is 3.55. The van der Waals surface area contributed by atoms with Crippen molar-refractivity contribution in [1.29, 1.82) is 0 Å². The molecule has 0 bridgehead atoms. The quantitative estimate of drug-likeness (QED) is 0.850. The number of anilines is 1. The Balaban J connectivity index is 1.98. The van der Waals surface area contributed by atoms with Gasteiger partial charge in [-0.05, 0) is 28.8 Å². The molecule has 1 heterocycles. The summed E-state index contributed by atoms with van der Waals surface area (Å²) in [6.07, 6.45) is 8.12. The summed E-state index contributed by atoms with van der Waals surface area (Å²) in [6, 6.07) is 0.307. The molecule has 1 aromatic heterocycles. The standard InChI is InChI=1S/C10H13BrClN3/c11-7-5-13-10(14-6-7)15-9-4-2-1-3-8(9)12/h5-6,8-9H,1-4H2,(H,13,14,15). The van der Waals surface area contributed by atoms with Crippen LogP contribution in [0.1, 0.15) is 25.7 Å². The lowest BCUT2D eigenvalue weighted by atomic mass is 9.95. The third kappa shape index (κ3) is 3.05. The molecule has 1 N–H and O–H groups in total. The molecule has 2 rings (SSSR count). The van der Waals surface area contributed by atoms with Gasteiger partial charge in [-0.15, -0.1) is 11.6 Å². The van der Waals surface area contributed by atoms with E-state index in [-0.39, 0.29) is 5.38 Å². The zero-order valence-electron chi connectivity index (χ0n) is 8.29. The smallest absolute Gasteiger partial charge is 0.222 e. The molecule has 0 saturated heterocycles. The molecule has 1 fully saturated rings. The maximum absolute atomic E-state index is 6.24. The van der Waals surface area contributed by atoms with Gasteiger partial charge >= 0.3 is 0 Å². The van der Waals surface area contributed by atoms with Crippen LogP contribution in [0.5, 0.6) is 0 Å². The van der Waals surface area contributed by atoms with Crippen LogP contribution in [0, 0.1) is 0 Å². The first-order valence-corrected chi connectivity index (χ1v) is 6.37. The van der Waals surface area contributed by atoms with Gasteiger partial charge in [-0.3, -0.25) is 0 Å². The highest BCUT2D eigenvalue weighted by Gasteiger charge is 2.23. The molecule has 0 aromatic carbocycles. The Morgan fingerprint density at radius 3 is 2.60 bits per heavy atom. The van der Waals surface area contributed by atoms with Crippen molar-refractivity contribution in [3.63, 3.8) is 0 Å². The van der Waals surface area contributed by atoms with Crippen LogP contribution >= 0.6 is 27.5 Å². The van der Waals surface area contributed by atoms with Crippen molar-refractivity contribution in [2.24, 2.45) is 0 Å². The van der Waals surface area contributed by atoms with Gasteiger partial charge in [-0.2, -0.15) is 0 Å². The van der Waals surface area contributed by atoms with Gasteiger partial charge in [0.1, 0.15) is 0 Å². The second kappa shape index (κ2) is 5.12. The number of rotatable bonds is 2. The highest BCUT2D eigenvalue weighted by molar-refractivity contribution is 9.10. The minimum Gasteiger partial charge on any atom is -0.350 e. The summed E-state index contributed by atoms with van der Waals surface area (Å²) in [5.74, 6) is 0.663. The number of hydrogen-bond acceptors (Lipinski definition) is 3. The number of halogens is 2. The van der Waals surface area contributed by atoms with Crippen LogP contribution in [-0.4, -0.2) is 21.4 Å². The van der Waals surface area contributed by atoms with Gasteiger partial charge in [0.25, 0.3) is 0 Å². The molecular formula is C10H13BrClN3. The van der Waals surface area contributed by atoms with E-state index in [0.29, 0.717) is 12.0 Å². The van der Waals surface area contributed by atoms with Gasteiger partial charge in [-0.25, -0.2) is 9.97 Å². The van der Waals surface area contributed by atoms with Crippen LogP contribution in [0.3, 0.4) is 0 Å². The van der Waals surface area contributed by atoms with E-state index in [0.717, 1.165) is 17.3 Å². The summed E-state index contributed by atoms with van der Waals surface area (Å²) in [7, 11) is 0. The van der Waals surface area contributed by atoms with E-state index in [1.165, 1.54) is 12.8 Å². The lowest BCUT2D eigenvalue weighted by Crippen LogP contribution is -2.33. The predicted octanol–water partition coefficient (Wildman–Crippen LogP) is 3.20. The van der Waals surface area contributed by atoms with Crippen LogP contribution < -0.4 is 5.32 Å². The van der Waals surface area contributed by atoms with E-state index in [4.69, 9.17) is 11.6 Å². The van der Waals surface area contributed by atoms with Crippen molar-refractivity contribution in [2.45, 2.75) is 37.1 Å². The Bertz CT molecular complexity index is 317. The number of aromatic nitrogens is 2. The molecule has 3 nitrogen and oxygen atoms in total. The van der Waals surface area contributed by atoms with Crippen LogP contribution in [0.15, 0.2) is 16.9 Å². The molecule has 0 aliphatic heterocycles. The lowest BCUT2D eigenvalue weighted by molar-refractivity contribution is 0.467. The molecule has 1 aliphatic carbocycles. The van der Waals surface area contributed by atoms with Crippen molar-refractivity contribution in [3.8, 4) is 0 Å². The zero-order chi connectivity index (χ0) is 10.7. The third-order valence-electron chi connectivity index (χ3n) is 2.62. The fourth-order valence-electron chi connectivity index (χ4n) is 1.80. The van der Waals surface area contributed by atoms with Gasteiger partial charge in [0.15, 0.2) is 0 Å². The normalized spacial score (nSPS) is 26.3. The first-order chi connectivity index (χ1) is 7.25. The average molecular weight is 291 g/mol. The molecule has 1 saturated carbocycles. The van der Waals surface area contributed by atoms with Crippen LogP contribution in [0.4, 0.5) is 5.95 Å². The van der Waals surface area contributed by atoms with Crippen LogP contribution in [0.2, 0.25) is 0 Å². The molecule has 15 heavy (non-hydrogen) atoms. The molecule has 1 aromatic rings. The second-order valence-electron chi connectivity index (χ2n) is 3.78. The van der Waals surface area contributed by atoms with E-state index in [1.807, 2.05) is 0 Å². The van der Waals surface area contributed by atoms with Crippen molar-refractivity contribution in [3.05, 3.63) is 16.9 Å².